The van der Waals surface area contributed by atoms with E-state index >= 15 is 0 Å². The van der Waals surface area contributed by atoms with Crippen LogP contribution in [-0.2, 0) is 0 Å². The van der Waals surface area contributed by atoms with Crippen LogP contribution >= 0.6 is 27.7 Å². The fraction of sp³-hybridized carbons (Fsp3) is 1.00. The van der Waals surface area contributed by atoms with Crippen LogP contribution in [-0.4, -0.2) is 16.3 Å². The van der Waals surface area contributed by atoms with Crippen LogP contribution in [0.3, 0.4) is 0 Å². The van der Waals surface area contributed by atoms with E-state index in [0.29, 0.717) is 5.41 Å². The van der Waals surface area contributed by atoms with Crippen LogP contribution in [0.5, 0.6) is 0 Å². The highest BCUT2D eigenvalue weighted by Crippen LogP contribution is 2.35. The van der Waals surface area contributed by atoms with Gasteiger partial charge < -0.3 is 0 Å². The van der Waals surface area contributed by atoms with Crippen molar-refractivity contribution in [2.45, 2.75) is 51.7 Å². The molecule has 0 amide bonds. The van der Waals surface area contributed by atoms with Gasteiger partial charge >= 0.3 is 0 Å². The molecular weight excluding hydrogens is 256 g/mol. The van der Waals surface area contributed by atoms with Crippen LogP contribution in [0.15, 0.2) is 0 Å². The summed E-state index contributed by atoms with van der Waals surface area (Å²) in [5.74, 6) is 2.27. The molecule has 0 aromatic heterocycles. The smallest absolute Gasteiger partial charge is 0.00905 e. The Morgan fingerprint density at radius 2 is 2.07 bits per heavy atom. The minimum Gasteiger partial charge on any atom is -0.158 e. The van der Waals surface area contributed by atoms with Crippen molar-refractivity contribution in [1.82, 2.24) is 0 Å². The highest BCUT2D eigenvalue weighted by molar-refractivity contribution is 9.09. The monoisotopic (exact) mass is 278 g/mol. The second-order valence-electron chi connectivity index (χ2n) is 5.50. The number of halogens is 1. The van der Waals surface area contributed by atoms with Gasteiger partial charge in [0.25, 0.3) is 0 Å². The molecule has 0 bridgehead atoms. The van der Waals surface area contributed by atoms with Gasteiger partial charge in [0.05, 0.1) is 0 Å². The van der Waals surface area contributed by atoms with Crippen LogP contribution < -0.4 is 0 Å². The summed E-state index contributed by atoms with van der Waals surface area (Å²) >= 11 is 5.80. The molecule has 0 N–H and O–H groups in total. The van der Waals surface area contributed by atoms with Crippen molar-refractivity contribution in [2.24, 2.45) is 11.3 Å². The second kappa shape index (κ2) is 5.79. The Labute approximate surface area is 102 Å². The van der Waals surface area contributed by atoms with Crippen LogP contribution in [0.4, 0.5) is 0 Å². The van der Waals surface area contributed by atoms with Crippen molar-refractivity contribution in [3.8, 4) is 0 Å². The number of thioether (sulfide) groups is 1. The Hall–Kier alpha value is 0.830. The lowest BCUT2D eigenvalue weighted by Crippen LogP contribution is -2.21. The maximum absolute atomic E-state index is 3.59. The molecule has 0 aromatic carbocycles. The summed E-state index contributed by atoms with van der Waals surface area (Å²) in [7, 11) is 0. The van der Waals surface area contributed by atoms with Gasteiger partial charge in [0.2, 0.25) is 0 Å². The Morgan fingerprint density at radius 3 is 2.64 bits per heavy atom. The minimum absolute atomic E-state index is 0.464. The molecule has 0 aromatic rings. The minimum atomic E-state index is 0.464. The third-order valence-electron chi connectivity index (χ3n) is 2.96. The van der Waals surface area contributed by atoms with E-state index in [9.17, 15) is 0 Å². The summed E-state index contributed by atoms with van der Waals surface area (Å²) in [4.78, 5) is 0. The topological polar surface area (TPSA) is 0 Å². The van der Waals surface area contributed by atoms with E-state index in [-0.39, 0.29) is 0 Å². The fourth-order valence-corrected chi connectivity index (χ4v) is 3.96. The fourth-order valence-electron chi connectivity index (χ4n) is 1.91. The highest BCUT2D eigenvalue weighted by Gasteiger charge is 2.23. The average molecular weight is 279 g/mol. The number of alkyl halides is 1. The van der Waals surface area contributed by atoms with Crippen LogP contribution in [0.25, 0.3) is 0 Å². The lowest BCUT2D eigenvalue weighted by molar-refractivity contribution is 0.392. The van der Waals surface area contributed by atoms with E-state index in [2.05, 4.69) is 48.5 Å². The molecular formula is C12H23BrS. The lowest BCUT2D eigenvalue weighted by atomic mass is 9.90. The van der Waals surface area contributed by atoms with E-state index < -0.39 is 0 Å². The van der Waals surface area contributed by atoms with Crippen LogP contribution in [0, 0.1) is 11.3 Å². The molecule has 1 rings (SSSR count). The van der Waals surface area contributed by atoms with Crippen molar-refractivity contribution < 1.29 is 0 Å². The molecule has 0 heterocycles. The van der Waals surface area contributed by atoms with Crippen molar-refractivity contribution in [2.75, 3.05) is 11.1 Å². The van der Waals surface area contributed by atoms with E-state index in [0.717, 1.165) is 16.5 Å². The molecule has 2 atom stereocenters. The standard InChI is InChI=1S/C12H23BrS/c1-10-5-4-6-11(7-10)14-9-12(2,3)8-13/h10-11H,4-9H2,1-3H3. The van der Waals surface area contributed by atoms with Crippen LogP contribution in [0.2, 0.25) is 0 Å². The van der Waals surface area contributed by atoms with Gasteiger partial charge in [-0.3, -0.25) is 0 Å². The van der Waals surface area contributed by atoms with Crippen molar-refractivity contribution >= 4 is 27.7 Å². The first-order valence-corrected chi connectivity index (χ1v) is 7.88. The number of hydrogen-bond acceptors (Lipinski definition) is 1. The number of hydrogen-bond donors (Lipinski definition) is 0. The van der Waals surface area contributed by atoms with Gasteiger partial charge in [0.1, 0.15) is 0 Å². The lowest BCUT2D eigenvalue weighted by Gasteiger charge is -2.29. The summed E-state index contributed by atoms with van der Waals surface area (Å²) in [6.07, 6.45) is 5.81. The van der Waals surface area contributed by atoms with Crippen molar-refractivity contribution in [3.63, 3.8) is 0 Å². The molecule has 1 aliphatic rings. The molecule has 1 aliphatic carbocycles. The molecule has 0 radical (unpaired) electrons. The van der Waals surface area contributed by atoms with Gasteiger partial charge in [0.15, 0.2) is 0 Å². The zero-order valence-electron chi connectivity index (χ0n) is 9.68. The summed E-state index contributed by atoms with van der Waals surface area (Å²) in [5, 5.41) is 2.06. The molecule has 2 heteroatoms. The molecule has 0 saturated heterocycles. The zero-order chi connectivity index (χ0) is 10.6. The maximum atomic E-state index is 3.59. The molecule has 1 saturated carbocycles. The summed E-state index contributed by atoms with van der Waals surface area (Å²) in [6, 6.07) is 0. The summed E-state index contributed by atoms with van der Waals surface area (Å²) in [5.41, 5.74) is 0.464. The Kier molecular flexibility index (Phi) is 5.33. The van der Waals surface area contributed by atoms with Crippen LogP contribution in [0.1, 0.15) is 46.5 Å². The van der Waals surface area contributed by atoms with E-state index in [1.165, 1.54) is 31.4 Å². The first kappa shape index (κ1) is 12.9. The Balaban J connectivity index is 2.23. The predicted molar refractivity (Wildman–Crippen MR) is 71.5 cm³/mol. The second-order valence-corrected chi connectivity index (χ2v) is 7.35. The predicted octanol–water partition coefficient (Wildman–Crippen LogP) is 4.72. The van der Waals surface area contributed by atoms with Gasteiger partial charge in [-0.25, -0.2) is 0 Å². The van der Waals surface area contributed by atoms with Gasteiger partial charge in [-0.1, -0.05) is 49.5 Å². The molecule has 2 unspecified atom stereocenters. The summed E-state index contributed by atoms with van der Waals surface area (Å²) < 4.78 is 0. The largest absolute Gasteiger partial charge is 0.158 e. The first-order chi connectivity index (χ1) is 6.53. The zero-order valence-corrected chi connectivity index (χ0v) is 12.1. The molecule has 1 fully saturated rings. The van der Waals surface area contributed by atoms with Gasteiger partial charge in [-0.15, -0.1) is 0 Å². The maximum Gasteiger partial charge on any atom is 0.00905 e. The molecule has 0 spiro atoms. The summed E-state index contributed by atoms with van der Waals surface area (Å²) in [6.45, 7) is 7.10. The third kappa shape index (κ3) is 4.57. The van der Waals surface area contributed by atoms with Crippen molar-refractivity contribution in [1.29, 1.82) is 0 Å². The van der Waals surface area contributed by atoms with E-state index in [4.69, 9.17) is 0 Å². The van der Waals surface area contributed by atoms with Gasteiger partial charge in [-0.2, -0.15) is 11.8 Å². The molecule has 0 aliphatic heterocycles. The van der Waals surface area contributed by atoms with Gasteiger partial charge in [0, 0.05) is 10.6 Å². The quantitative estimate of drug-likeness (QED) is 0.671. The Bertz CT molecular complexity index is 168. The van der Waals surface area contributed by atoms with E-state index in [1.807, 2.05) is 0 Å². The van der Waals surface area contributed by atoms with Crippen molar-refractivity contribution in [3.05, 3.63) is 0 Å². The highest BCUT2D eigenvalue weighted by atomic mass is 79.9. The molecule has 84 valence electrons. The first-order valence-electron chi connectivity index (χ1n) is 5.71. The average Bonchev–Trinajstić information content (AvgIpc) is 2.15. The third-order valence-corrected chi connectivity index (χ3v) is 6.33. The molecule has 0 nitrogen and oxygen atoms in total. The Morgan fingerprint density at radius 1 is 1.36 bits per heavy atom. The van der Waals surface area contributed by atoms with Gasteiger partial charge in [-0.05, 0) is 29.9 Å². The SMILES string of the molecule is CC1CCCC(SCC(C)(C)CBr)C1. The number of rotatable bonds is 4. The normalized spacial score (nSPS) is 29.1. The van der Waals surface area contributed by atoms with E-state index in [1.54, 1.807) is 0 Å². The molecule has 14 heavy (non-hydrogen) atoms.